The largest absolute Gasteiger partial charge is 0.488 e. The van der Waals surface area contributed by atoms with Gasteiger partial charge in [-0.1, -0.05) is 23.4 Å². The molecule has 0 bridgehead atoms. The third-order valence-electron chi connectivity index (χ3n) is 4.27. The highest BCUT2D eigenvalue weighted by Gasteiger charge is 2.17. The lowest BCUT2D eigenvalue weighted by atomic mass is 10.2. The first-order valence-corrected chi connectivity index (χ1v) is 9.08. The molecule has 2 aromatic carbocycles. The average Bonchev–Trinajstić information content (AvgIpc) is 3.08. The summed E-state index contributed by atoms with van der Waals surface area (Å²) in [5, 5.41) is 15.4. The van der Waals surface area contributed by atoms with Crippen LogP contribution in [0, 0.1) is 25.2 Å². The summed E-state index contributed by atoms with van der Waals surface area (Å²) >= 11 is 0. The Morgan fingerprint density at radius 3 is 2.70 bits per heavy atom. The van der Waals surface area contributed by atoms with E-state index >= 15 is 0 Å². The van der Waals surface area contributed by atoms with E-state index in [9.17, 15) is 9.59 Å². The number of rotatable bonds is 7. The molecule has 1 aromatic heterocycles. The lowest BCUT2D eigenvalue weighted by Crippen LogP contribution is -2.21. The second-order valence-electron chi connectivity index (χ2n) is 6.40. The molecule has 0 aliphatic heterocycles. The van der Waals surface area contributed by atoms with Crippen molar-refractivity contribution < 1.29 is 23.6 Å². The first-order valence-electron chi connectivity index (χ1n) is 9.08. The number of nitriles is 1. The lowest BCUT2D eigenvalue weighted by molar-refractivity contribution is -0.119. The number of ether oxygens (including phenoxy) is 2. The number of carbonyl (C=O) groups is 2. The molecule has 0 unspecified atom stereocenters. The molecule has 3 aromatic rings. The van der Waals surface area contributed by atoms with Gasteiger partial charge in [0.25, 0.3) is 5.91 Å². The number of aromatic nitrogens is 1. The van der Waals surface area contributed by atoms with Crippen molar-refractivity contribution in [1.29, 1.82) is 5.26 Å². The van der Waals surface area contributed by atoms with Gasteiger partial charge in [0.2, 0.25) is 0 Å². The zero-order valence-corrected chi connectivity index (χ0v) is 16.5. The second kappa shape index (κ2) is 9.39. The molecule has 8 nitrogen and oxygen atoms in total. The Morgan fingerprint density at radius 2 is 1.97 bits per heavy atom. The first-order chi connectivity index (χ1) is 14.5. The zero-order chi connectivity index (χ0) is 21.5. The number of amides is 1. The summed E-state index contributed by atoms with van der Waals surface area (Å²) in [5.41, 5.74) is 2.57. The molecule has 152 valence electrons. The Kier molecular flexibility index (Phi) is 6.45. The molecule has 1 amide bonds. The van der Waals surface area contributed by atoms with Crippen molar-refractivity contribution in [3.05, 3.63) is 76.7 Å². The van der Waals surface area contributed by atoms with Crippen LogP contribution in [0.3, 0.4) is 0 Å². The topological polar surface area (TPSA) is 114 Å². The number of nitrogens with one attached hydrogen (secondary N) is 1. The number of anilines is 1. The molecule has 0 aliphatic carbocycles. The van der Waals surface area contributed by atoms with Crippen LogP contribution in [0.5, 0.6) is 5.75 Å². The molecule has 8 heteroatoms. The van der Waals surface area contributed by atoms with Gasteiger partial charge >= 0.3 is 5.97 Å². The normalized spacial score (nSPS) is 10.2. The van der Waals surface area contributed by atoms with Gasteiger partial charge in [-0.2, -0.15) is 5.26 Å². The van der Waals surface area contributed by atoms with Crippen molar-refractivity contribution in [3.63, 3.8) is 0 Å². The molecule has 1 N–H and O–H groups in total. The molecule has 1 heterocycles. The molecular formula is C22H19N3O5. The van der Waals surface area contributed by atoms with Crippen LogP contribution >= 0.6 is 0 Å². The summed E-state index contributed by atoms with van der Waals surface area (Å²) in [4.78, 5) is 24.5. The Hall–Kier alpha value is -4.12. The third kappa shape index (κ3) is 5.02. The summed E-state index contributed by atoms with van der Waals surface area (Å²) in [7, 11) is 0. The van der Waals surface area contributed by atoms with Crippen LogP contribution in [0.2, 0.25) is 0 Å². The number of benzene rings is 2. The van der Waals surface area contributed by atoms with Gasteiger partial charge in [-0.15, -0.1) is 0 Å². The molecule has 30 heavy (non-hydrogen) atoms. The van der Waals surface area contributed by atoms with Gasteiger partial charge < -0.3 is 19.3 Å². The van der Waals surface area contributed by atoms with E-state index in [1.54, 1.807) is 56.3 Å². The van der Waals surface area contributed by atoms with Crippen molar-refractivity contribution >= 4 is 17.6 Å². The average molecular weight is 405 g/mol. The maximum Gasteiger partial charge on any atom is 0.342 e. The van der Waals surface area contributed by atoms with E-state index in [-0.39, 0.29) is 12.2 Å². The van der Waals surface area contributed by atoms with E-state index in [1.807, 2.05) is 6.07 Å². The van der Waals surface area contributed by atoms with E-state index in [4.69, 9.17) is 19.3 Å². The van der Waals surface area contributed by atoms with Gasteiger partial charge in [-0.25, -0.2) is 4.79 Å². The molecule has 0 fully saturated rings. The van der Waals surface area contributed by atoms with Gasteiger partial charge in [-0.05, 0) is 44.2 Å². The zero-order valence-electron chi connectivity index (χ0n) is 16.5. The van der Waals surface area contributed by atoms with Crippen LogP contribution in [-0.2, 0) is 16.1 Å². The maximum atomic E-state index is 12.5. The molecule has 0 spiro atoms. The fourth-order valence-corrected chi connectivity index (χ4v) is 2.69. The molecule has 3 rings (SSSR count). The summed E-state index contributed by atoms with van der Waals surface area (Å²) in [5.74, 6) is -0.243. The minimum Gasteiger partial charge on any atom is -0.488 e. The van der Waals surface area contributed by atoms with Crippen LogP contribution in [0.4, 0.5) is 5.69 Å². The van der Waals surface area contributed by atoms with Gasteiger partial charge in [0.05, 0.1) is 22.9 Å². The van der Waals surface area contributed by atoms with E-state index < -0.39 is 18.5 Å². The number of esters is 1. The summed E-state index contributed by atoms with van der Waals surface area (Å²) < 4.78 is 16.0. The highest BCUT2D eigenvalue weighted by Crippen LogP contribution is 2.22. The van der Waals surface area contributed by atoms with Crippen molar-refractivity contribution in [2.24, 2.45) is 0 Å². The quantitative estimate of drug-likeness (QED) is 0.598. The molecule has 0 radical (unpaired) electrons. The van der Waals surface area contributed by atoms with Crippen molar-refractivity contribution in [1.82, 2.24) is 5.16 Å². The Bertz CT molecular complexity index is 1090. The lowest BCUT2D eigenvalue weighted by Gasteiger charge is -2.11. The summed E-state index contributed by atoms with van der Waals surface area (Å²) in [6, 6.07) is 15.0. The fraction of sp³-hybridized carbons (Fsp3) is 0.182. The first kappa shape index (κ1) is 20.6. The second-order valence-corrected chi connectivity index (χ2v) is 6.40. The van der Waals surface area contributed by atoms with Crippen LogP contribution in [0.25, 0.3) is 0 Å². The standard InChI is InChI=1S/C22H19N3O5/c1-14-19(15(2)30-25-14)12-28-20-9-4-3-8-18(20)22(27)29-13-21(26)24-17-7-5-6-16(10-17)11-23/h3-10H,12-13H2,1-2H3,(H,24,26). The monoisotopic (exact) mass is 405 g/mol. The minimum absolute atomic E-state index is 0.182. The highest BCUT2D eigenvalue weighted by molar-refractivity contribution is 5.96. The Morgan fingerprint density at radius 1 is 1.17 bits per heavy atom. The number of carbonyl (C=O) groups excluding carboxylic acids is 2. The smallest absolute Gasteiger partial charge is 0.342 e. The van der Waals surface area contributed by atoms with Crippen molar-refractivity contribution in [2.45, 2.75) is 20.5 Å². The third-order valence-corrected chi connectivity index (χ3v) is 4.27. The summed E-state index contributed by atoms with van der Waals surface area (Å²) in [6.07, 6.45) is 0. The highest BCUT2D eigenvalue weighted by atomic mass is 16.5. The van der Waals surface area contributed by atoms with Gasteiger partial charge in [0.15, 0.2) is 6.61 Å². The van der Waals surface area contributed by atoms with Crippen LogP contribution in [0.15, 0.2) is 53.1 Å². The fourth-order valence-electron chi connectivity index (χ4n) is 2.69. The van der Waals surface area contributed by atoms with Gasteiger partial charge in [0, 0.05) is 5.69 Å². The molecule has 0 atom stereocenters. The maximum absolute atomic E-state index is 12.5. The number of hydrogen-bond donors (Lipinski definition) is 1. The van der Waals surface area contributed by atoms with E-state index in [0.29, 0.717) is 28.5 Å². The number of aryl methyl sites for hydroxylation is 2. The summed E-state index contributed by atoms with van der Waals surface area (Å²) in [6.45, 7) is 3.29. The van der Waals surface area contributed by atoms with Crippen LogP contribution < -0.4 is 10.1 Å². The SMILES string of the molecule is Cc1noc(C)c1COc1ccccc1C(=O)OCC(=O)Nc1cccc(C#N)c1. The minimum atomic E-state index is -0.690. The van der Waals surface area contributed by atoms with E-state index in [1.165, 1.54) is 6.07 Å². The van der Waals surface area contributed by atoms with Crippen molar-refractivity contribution in [3.8, 4) is 11.8 Å². The van der Waals surface area contributed by atoms with Gasteiger partial charge in [-0.3, -0.25) is 4.79 Å². The van der Waals surface area contributed by atoms with Crippen LogP contribution in [0.1, 0.15) is 32.9 Å². The van der Waals surface area contributed by atoms with Gasteiger partial charge in [0.1, 0.15) is 23.7 Å². The molecular weight excluding hydrogens is 386 g/mol. The predicted molar refractivity (Wildman–Crippen MR) is 107 cm³/mol. The number of nitrogens with zero attached hydrogens (tertiary/aromatic N) is 2. The Labute approximate surface area is 173 Å². The van der Waals surface area contributed by atoms with E-state index in [2.05, 4.69) is 10.5 Å². The van der Waals surface area contributed by atoms with Crippen LogP contribution in [-0.4, -0.2) is 23.6 Å². The van der Waals surface area contributed by atoms with Crippen molar-refractivity contribution in [2.75, 3.05) is 11.9 Å². The Balaban J connectivity index is 1.60. The number of para-hydroxylation sites is 1. The molecule has 0 saturated carbocycles. The predicted octanol–water partition coefficient (Wildman–Crippen LogP) is 3.54. The molecule has 0 aliphatic rings. The van der Waals surface area contributed by atoms with E-state index in [0.717, 1.165) is 5.56 Å². The molecule has 0 saturated heterocycles. The number of hydrogen-bond acceptors (Lipinski definition) is 7.